The number of rotatable bonds is 5. The Labute approximate surface area is 147 Å². The highest BCUT2D eigenvalue weighted by Gasteiger charge is 2.15. The molecule has 4 rings (SSSR count). The first-order valence-electron chi connectivity index (χ1n) is 7.67. The molecule has 2 aromatic heterocycles. The molecule has 128 valence electrons. The van der Waals surface area contributed by atoms with Crippen molar-refractivity contribution in [3.63, 3.8) is 0 Å². The number of carbonyl (C=O) groups is 1. The molecule has 0 atom stereocenters. The zero-order chi connectivity index (χ0) is 17.1. The van der Waals surface area contributed by atoms with E-state index in [2.05, 4.69) is 10.1 Å². The predicted octanol–water partition coefficient (Wildman–Crippen LogP) is 2.86. The molecule has 0 spiro atoms. The summed E-state index contributed by atoms with van der Waals surface area (Å²) in [6.45, 7) is 0.983. The summed E-state index contributed by atoms with van der Waals surface area (Å²) < 4.78 is 21.3. The van der Waals surface area contributed by atoms with E-state index in [1.165, 1.54) is 0 Å². The molecule has 0 aliphatic carbocycles. The number of hydrogen-bond acceptors (Lipinski definition) is 8. The Hall–Kier alpha value is -2.87. The van der Waals surface area contributed by atoms with Crippen LogP contribution in [-0.4, -0.2) is 29.3 Å². The second-order valence-corrected chi connectivity index (χ2v) is 6.12. The van der Waals surface area contributed by atoms with Gasteiger partial charge in [0.25, 0.3) is 5.89 Å². The largest absolute Gasteiger partial charge is 0.486 e. The number of benzene rings is 1. The van der Waals surface area contributed by atoms with Crippen molar-refractivity contribution in [2.75, 3.05) is 13.2 Å². The Morgan fingerprint density at radius 3 is 2.92 bits per heavy atom. The van der Waals surface area contributed by atoms with Gasteiger partial charge in [0.15, 0.2) is 18.1 Å². The monoisotopic (exact) mass is 358 g/mol. The van der Waals surface area contributed by atoms with E-state index in [1.807, 2.05) is 22.9 Å². The number of hydrogen-bond donors (Lipinski definition) is 0. The van der Waals surface area contributed by atoms with Crippen LogP contribution in [0, 0.1) is 0 Å². The van der Waals surface area contributed by atoms with Gasteiger partial charge >= 0.3 is 5.97 Å². The maximum absolute atomic E-state index is 12.0. The second kappa shape index (κ2) is 6.94. The lowest BCUT2D eigenvalue weighted by Gasteiger charge is -2.18. The van der Waals surface area contributed by atoms with Crippen LogP contribution in [0.4, 0.5) is 0 Å². The molecular formula is C17H14N2O5S. The van der Waals surface area contributed by atoms with Gasteiger partial charge in [0.1, 0.15) is 13.2 Å². The molecule has 25 heavy (non-hydrogen) atoms. The van der Waals surface area contributed by atoms with Crippen LogP contribution in [0.2, 0.25) is 0 Å². The SMILES string of the molecule is O=C(Cc1ccc2c(c1)OCCO2)OCc1nc(-c2ccsc2)no1. The third kappa shape index (κ3) is 3.63. The van der Waals surface area contributed by atoms with Crippen molar-refractivity contribution in [3.8, 4) is 22.9 Å². The molecule has 0 fully saturated rings. The third-order valence-electron chi connectivity index (χ3n) is 3.56. The van der Waals surface area contributed by atoms with E-state index in [-0.39, 0.29) is 24.9 Å². The quantitative estimate of drug-likeness (QED) is 0.648. The highest BCUT2D eigenvalue weighted by atomic mass is 32.1. The van der Waals surface area contributed by atoms with Gasteiger partial charge in [0.05, 0.1) is 6.42 Å². The fourth-order valence-electron chi connectivity index (χ4n) is 2.38. The van der Waals surface area contributed by atoms with Gasteiger partial charge in [-0.2, -0.15) is 16.3 Å². The van der Waals surface area contributed by atoms with Gasteiger partial charge in [0, 0.05) is 10.9 Å². The van der Waals surface area contributed by atoms with Crippen LogP contribution in [0.15, 0.2) is 39.5 Å². The summed E-state index contributed by atoms with van der Waals surface area (Å²) in [6.07, 6.45) is 0.127. The van der Waals surface area contributed by atoms with Gasteiger partial charge < -0.3 is 18.7 Å². The minimum Gasteiger partial charge on any atom is -0.486 e. The van der Waals surface area contributed by atoms with Crippen LogP contribution in [-0.2, 0) is 22.6 Å². The fraction of sp³-hybridized carbons (Fsp3) is 0.235. The number of thiophene rings is 1. The van der Waals surface area contributed by atoms with E-state index in [4.69, 9.17) is 18.7 Å². The summed E-state index contributed by atoms with van der Waals surface area (Å²) >= 11 is 1.55. The molecule has 0 N–H and O–H groups in total. The first-order chi connectivity index (χ1) is 12.3. The Morgan fingerprint density at radius 2 is 2.08 bits per heavy atom. The molecule has 0 saturated carbocycles. The van der Waals surface area contributed by atoms with Crippen LogP contribution >= 0.6 is 11.3 Å². The van der Waals surface area contributed by atoms with Crippen molar-refractivity contribution in [3.05, 3.63) is 46.5 Å². The highest BCUT2D eigenvalue weighted by molar-refractivity contribution is 7.08. The zero-order valence-electron chi connectivity index (χ0n) is 13.1. The fourth-order valence-corrected chi connectivity index (χ4v) is 3.01. The lowest BCUT2D eigenvalue weighted by molar-refractivity contribution is -0.144. The minimum atomic E-state index is -0.382. The molecule has 3 heterocycles. The van der Waals surface area contributed by atoms with E-state index in [1.54, 1.807) is 23.5 Å². The molecule has 0 saturated heterocycles. The molecule has 7 nitrogen and oxygen atoms in total. The highest BCUT2D eigenvalue weighted by Crippen LogP contribution is 2.30. The number of ether oxygens (including phenoxy) is 3. The topological polar surface area (TPSA) is 83.7 Å². The van der Waals surface area contributed by atoms with Gasteiger partial charge in [0.2, 0.25) is 5.82 Å². The van der Waals surface area contributed by atoms with Gasteiger partial charge in [-0.15, -0.1) is 0 Å². The first-order valence-corrected chi connectivity index (χ1v) is 8.61. The predicted molar refractivity (Wildman–Crippen MR) is 88.5 cm³/mol. The Kier molecular flexibility index (Phi) is 4.34. The summed E-state index contributed by atoms with van der Waals surface area (Å²) in [6, 6.07) is 7.29. The number of nitrogens with zero attached hydrogens (tertiary/aromatic N) is 2. The Bertz CT molecular complexity index is 875. The lowest BCUT2D eigenvalue weighted by Crippen LogP contribution is -2.16. The van der Waals surface area contributed by atoms with Crippen LogP contribution in [0.1, 0.15) is 11.5 Å². The maximum atomic E-state index is 12.0. The van der Waals surface area contributed by atoms with Crippen molar-refractivity contribution in [1.82, 2.24) is 10.1 Å². The number of esters is 1. The van der Waals surface area contributed by atoms with Crippen molar-refractivity contribution in [2.24, 2.45) is 0 Å². The van der Waals surface area contributed by atoms with Crippen molar-refractivity contribution in [2.45, 2.75) is 13.0 Å². The summed E-state index contributed by atoms with van der Waals surface area (Å²) in [5, 5.41) is 7.72. The summed E-state index contributed by atoms with van der Waals surface area (Å²) in [7, 11) is 0. The molecule has 0 radical (unpaired) electrons. The smallest absolute Gasteiger partial charge is 0.310 e. The molecule has 0 bridgehead atoms. The molecule has 1 aromatic carbocycles. The summed E-state index contributed by atoms with van der Waals surface area (Å²) in [5.74, 6) is 1.70. The molecule has 1 aliphatic heterocycles. The molecular weight excluding hydrogens is 344 g/mol. The molecule has 0 unspecified atom stereocenters. The van der Waals surface area contributed by atoms with Gasteiger partial charge in [-0.25, -0.2) is 0 Å². The average molecular weight is 358 g/mol. The van der Waals surface area contributed by atoms with Gasteiger partial charge in [-0.3, -0.25) is 4.79 Å². The minimum absolute atomic E-state index is 0.0550. The van der Waals surface area contributed by atoms with E-state index in [0.29, 0.717) is 30.5 Å². The van der Waals surface area contributed by atoms with E-state index >= 15 is 0 Å². The van der Waals surface area contributed by atoms with E-state index in [0.717, 1.165) is 11.1 Å². The molecule has 3 aromatic rings. The van der Waals surface area contributed by atoms with Crippen molar-refractivity contribution < 1.29 is 23.5 Å². The molecule has 1 aliphatic rings. The Morgan fingerprint density at radius 1 is 1.20 bits per heavy atom. The second-order valence-electron chi connectivity index (χ2n) is 5.34. The number of fused-ring (bicyclic) bond motifs is 1. The van der Waals surface area contributed by atoms with Gasteiger partial charge in [-0.05, 0) is 29.1 Å². The summed E-state index contributed by atoms with van der Waals surface area (Å²) in [4.78, 5) is 16.2. The lowest BCUT2D eigenvalue weighted by atomic mass is 10.1. The average Bonchev–Trinajstić information content (AvgIpc) is 3.31. The third-order valence-corrected chi connectivity index (χ3v) is 4.24. The first kappa shape index (κ1) is 15.6. The molecule has 0 amide bonds. The van der Waals surface area contributed by atoms with Crippen LogP contribution in [0.3, 0.4) is 0 Å². The zero-order valence-corrected chi connectivity index (χ0v) is 14.0. The maximum Gasteiger partial charge on any atom is 0.310 e. The standard InChI is InChI=1S/C17H14N2O5S/c20-16(8-11-1-2-13-14(7-11)22-5-4-21-13)23-9-15-18-17(19-24-15)12-3-6-25-10-12/h1-3,6-7,10H,4-5,8-9H2. The number of carbonyl (C=O) groups excluding carboxylic acids is 1. The van der Waals surface area contributed by atoms with Crippen LogP contribution < -0.4 is 9.47 Å². The van der Waals surface area contributed by atoms with Crippen molar-refractivity contribution in [1.29, 1.82) is 0 Å². The van der Waals surface area contributed by atoms with E-state index in [9.17, 15) is 4.79 Å². The van der Waals surface area contributed by atoms with Crippen molar-refractivity contribution >= 4 is 17.3 Å². The van der Waals surface area contributed by atoms with Crippen LogP contribution in [0.25, 0.3) is 11.4 Å². The van der Waals surface area contributed by atoms with Crippen LogP contribution in [0.5, 0.6) is 11.5 Å². The summed E-state index contributed by atoms with van der Waals surface area (Å²) in [5.41, 5.74) is 1.67. The van der Waals surface area contributed by atoms with E-state index < -0.39 is 0 Å². The molecule has 8 heteroatoms. The normalized spacial score (nSPS) is 12.8. The Balaban J connectivity index is 1.33. The van der Waals surface area contributed by atoms with Gasteiger partial charge in [-0.1, -0.05) is 11.2 Å². The number of aromatic nitrogens is 2.